The molecule has 12 aromatic rings. The molecule has 0 spiro atoms. The lowest BCUT2D eigenvalue weighted by molar-refractivity contribution is -0.158. The molecule has 0 aliphatic carbocycles. The van der Waals surface area contributed by atoms with Crippen molar-refractivity contribution in [2.45, 2.75) is 30.2 Å². The summed E-state index contributed by atoms with van der Waals surface area (Å²) < 4.78 is 98.3. The largest absolute Gasteiger partial charge is 0.416 e. The SMILES string of the molecule is OC(c1nc(-c2ccc3nc(-c4ccc(C(F)(F)F)cc4)cn3c2)cs1)C(O)(c1nc(-c2ccc3nc(-c4ccc(F)cc4)cn3c2)cs1)C(O)c1nc(-c2ccc3nc(-c4ccc(C(F)(F)F)cc4)cn3c2)cs1. The number of thiazole rings is 3. The third-order valence-corrected chi connectivity index (χ3v) is 15.4. The van der Waals surface area contributed by atoms with E-state index in [4.69, 9.17) is 15.0 Å². The second-order valence-electron chi connectivity index (χ2n) is 17.4. The number of fused-ring (bicyclic) bond motifs is 3. The van der Waals surface area contributed by atoms with Gasteiger partial charge in [-0.2, -0.15) is 26.3 Å². The third kappa shape index (κ3) is 8.93. The molecule has 0 bridgehead atoms. The fourth-order valence-electron chi connectivity index (χ4n) is 8.57. The van der Waals surface area contributed by atoms with Gasteiger partial charge >= 0.3 is 12.4 Å². The van der Waals surface area contributed by atoms with E-state index >= 15 is 0 Å². The fourth-order valence-corrected chi connectivity index (χ4v) is 11.3. The van der Waals surface area contributed by atoms with E-state index in [1.807, 2.05) is 0 Å². The molecule has 0 aliphatic rings. The highest BCUT2D eigenvalue weighted by molar-refractivity contribution is 7.11. The maximum atomic E-state index is 13.7. The number of alkyl halides is 6. The zero-order valence-electron chi connectivity index (χ0n) is 38.0. The van der Waals surface area contributed by atoms with Gasteiger partial charge in [0, 0.05) is 86.7 Å². The van der Waals surface area contributed by atoms with Gasteiger partial charge in [0.05, 0.1) is 45.3 Å². The Bertz CT molecular complexity index is 3910. The van der Waals surface area contributed by atoms with Gasteiger partial charge in [-0.3, -0.25) is 0 Å². The Balaban J connectivity index is 0.870. The molecule has 22 heteroatoms. The summed E-state index contributed by atoms with van der Waals surface area (Å²) in [4.78, 5) is 28.1. The summed E-state index contributed by atoms with van der Waals surface area (Å²) >= 11 is 3.06. The van der Waals surface area contributed by atoms with Crippen LogP contribution in [-0.4, -0.2) is 58.4 Å². The minimum atomic E-state index is -4.48. The topological polar surface area (TPSA) is 151 Å². The number of pyridine rings is 3. The molecule has 2 unspecified atom stereocenters. The van der Waals surface area contributed by atoms with Crippen LogP contribution in [0, 0.1) is 5.82 Å². The second-order valence-corrected chi connectivity index (χ2v) is 20.0. The van der Waals surface area contributed by atoms with E-state index in [2.05, 4.69) is 15.0 Å². The molecule has 9 aromatic heterocycles. The minimum Gasteiger partial charge on any atom is -0.382 e. The molecule has 0 saturated heterocycles. The lowest BCUT2D eigenvalue weighted by atomic mass is 9.90. The lowest BCUT2D eigenvalue weighted by Crippen LogP contribution is -2.40. The molecular weight excluding hydrogens is 1040 g/mol. The molecule has 2 atom stereocenters. The molecule has 374 valence electrons. The van der Waals surface area contributed by atoms with E-state index in [0.717, 1.165) is 58.3 Å². The highest BCUT2D eigenvalue weighted by Crippen LogP contribution is 2.49. The summed E-state index contributed by atoms with van der Waals surface area (Å²) in [5, 5.41) is 42.8. The molecule has 12 nitrogen and oxygen atoms in total. The molecule has 0 radical (unpaired) electrons. The number of aliphatic hydroxyl groups excluding tert-OH is 2. The molecule has 12 rings (SSSR count). The van der Waals surface area contributed by atoms with E-state index in [0.29, 0.717) is 84.5 Å². The summed E-state index contributed by atoms with van der Waals surface area (Å²) in [5.74, 6) is -0.375. The maximum absolute atomic E-state index is 13.7. The maximum Gasteiger partial charge on any atom is 0.416 e. The highest BCUT2D eigenvalue weighted by atomic mass is 32.1. The summed E-state index contributed by atoms with van der Waals surface area (Å²) in [6, 6.07) is 25.8. The van der Waals surface area contributed by atoms with Gasteiger partial charge in [-0.15, -0.1) is 34.0 Å². The number of imidazole rings is 3. The molecule has 75 heavy (non-hydrogen) atoms. The van der Waals surface area contributed by atoms with E-state index < -0.39 is 41.3 Å². The standard InChI is InChI=1S/C53H32F7N9O3S3/c54-36-14-5-30(6-15-36)39-24-69-21-33(9-18-45(69)63-39)42-27-75-50(66-42)51(72,46(70)48-64-40(25-73-48)31-7-16-43-61-37(22-67(43)19-31)28-1-10-34(11-2-28)52(55,56)57)47(71)49-65-41(26-74-49)32-8-17-44-62-38(23-68(44)20-32)29-3-12-35(13-4-29)53(58,59)60/h1-27,46-47,70-72H. The Morgan fingerprint density at radius 2 is 0.720 bits per heavy atom. The van der Waals surface area contributed by atoms with Crippen LogP contribution in [-0.2, 0) is 18.0 Å². The van der Waals surface area contributed by atoms with Crippen molar-refractivity contribution in [1.82, 2.24) is 43.1 Å². The van der Waals surface area contributed by atoms with Gasteiger partial charge in [-0.1, -0.05) is 24.3 Å². The van der Waals surface area contributed by atoms with Crippen molar-refractivity contribution in [1.29, 1.82) is 0 Å². The van der Waals surface area contributed by atoms with Crippen LogP contribution in [0.4, 0.5) is 30.7 Å². The van der Waals surface area contributed by atoms with Crippen LogP contribution in [0.1, 0.15) is 38.4 Å². The molecular formula is C53H32F7N9O3S3. The van der Waals surface area contributed by atoms with Gasteiger partial charge in [0.25, 0.3) is 0 Å². The number of hydrogen-bond acceptors (Lipinski definition) is 12. The molecule has 9 heterocycles. The summed E-state index contributed by atoms with van der Waals surface area (Å²) in [6.07, 6.45) is -2.38. The number of hydrogen-bond donors (Lipinski definition) is 3. The van der Waals surface area contributed by atoms with Crippen molar-refractivity contribution < 1.29 is 46.1 Å². The Morgan fingerprint density at radius 3 is 1.09 bits per heavy atom. The molecule has 0 amide bonds. The second kappa shape index (κ2) is 18.1. The van der Waals surface area contributed by atoms with Gasteiger partial charge in [0.2, 0.25) is 0 Å². The van der Waals surface area contributed by atoms with E-state index in [1.165, 1.54) is 36.4 Å². The normalized spacial score (nSPS) is 14.0. The van der Waals surface area contributed by atoms with Crippen LogP contribution in [0.25, 0.3) is 84.5 Å². The van der Waals surface area contributed by atoms with Crippen LogP contribution < -0.4 is 0 Å². The molecule has 3 aromatic carbocycles. The van der Waals surface area contributed by atoms with Crippen molar-refractivity contribution >= 4 is 51.0 Å². The summed E-state index contributed by atoms with van der Waals surface area (Å²) in [7, 11) is 0. The van der Waals surface area contributed by atoms with Crippen molar-refractivity contribution in [3.8, 4) is 67.5 Å². The van der Waals surface area contributed by atoms with Crippen LogP contribution >= 0.6 is 34.0 Å². The Kier molecular flexibility index (Phi) is 11.6. The van der Waals surface area contributed by atoms with Crippen molar-refractivity contribution in [3.63, 3.8) is 0 Å². The van der Waals surface area contributed by atoms with Crippen LogP contribution in [0.5, 0.6) is 0 Å². The number of halogens is 7. The first-order chi connectivity index (χ1) is 35.9. The zero-order chi connectivity index (χ0) is 52.0. The van der Waals surface area contributed by atoms with E-state index in [9.17, 15) is 46.1 Å². The van der Waals surface area contributed by atoms with E-state index in [1.54, 1.807) is 115 Å². The summed E-state index contributed by atoms with van der Waals surface area (Å²) in [6.45, 7) is 0. The molecule has 0 saturated carbocycles. The van der Waals surface area contributed by atoms with Gasteiger partial charge < -0.3 is 28.5 Å². The predicted octanol–water partition coefficient (Wildman–Crippen LogP) is 12.8. The van der Waals surface area contributed by atoms with Crippen molar-refractivity contribution in [2.24, 2.45) is 0 Å². The molecule has 3 N–H and O–H groups in total. The Morgan fingerprint density at radius 1 is 0.387 bits per heavy atom. The number of nitrogens with zero attached hydrogens (tertiary/aromatic N) is 9. The third-order valence-electron chi connectivity index (χ3n) is 12.6. The first kappa shape index (κ1) is 48.0. The predicted molar refractivity (Wildman–Crippen MR) is 269 cm³/mol. The number of aromatic nitrogens is 9. The van der Waals surface area contributed by atoms with Gasteiger partial charge in [0.15, 0.2) is 5.60 Å². The average molecular weight is 1070 g/mol. The smallest absolute Gasteiger partial charge is 0.382 e. The number of benzene rings is 3. The van der Waals surface area contributed by atoms with Gasteiger partial charge in [0.1, 0.15) is 50.0 Å². The zero-order valence-corrected chi connectivity index (χ0v) is 40.4. The van der Waals surface area contributed by atoms with Crippen molar-refractivity contribution in [3.05, 3.63) is 194 Å². The first-order valence-corrected chi connectivity index (χ1v) is 25.1. The fraction of sp³-hybridized carbons (Fsp3) is 0.0943. The van der Waals surface area contributed by atoms with Crippen LogP contribution in [0.15, 0.2) is 163 Å². The molecule has 0 fully saturated rings. The quantitative estimate of drug-likeness (QED) is 0.108. The minimum absolute atomic E-state index is 0.0267. The Hall–Kier alpha value is -7.99. The monoisotopic (exact) mass is 1070 g/mol. The van der Waals surface area contributed by atoms with Crippen LogP contribution in [0.2, 0.25) is 0 Å². The van der Waals surface area contributed by atoms with Gasteiger partial charge in [-0.25, -0.2) is 34.3 Å². The van der Waals surface area contributed by atoms with Crippen molar-refractivity contribution in [2.75, 3.05) is 0 Å². The first-order valence-electron chi connectivity index (χ1n) is 22.5. The number of rotatable bonds is 11. The lowest BCUT2D eigenvalue weighted by Gasteiger charge is -2.33. The molecule has 0 aliphatic heterocycles. The average Bonchev–Trinajstić information content (AvgIpc) is 4.28. The number of aliphatic hydroxyl groups is 3. The summed E-state index contributed by atoms with van der Waals surface area (Å²) in [5.41, 5.74) is 3.66. The highest BCUT2D eigenvalue weighted by Gasteiger charge is 2.51. The van der Waals surface area contributed by atoms with E-state index in [-0.39, 0.29) is 20.8 Å². The van der Waals surface area contributed by atoms with Crippen LogP contribution in [0.3, 0.4) is 0 Å². The Labute approximate surface area is 430 Å². The van der Waals surface area contributed by atoms with Gasteiger partial charge in [-0.05, 0) is 84.9 Å².